The standard InChI is InChI=1S/C20H31N3O2S/c1-4-21-20(22-15-16(3)26-18-9-7-6-8-10-18)23-13-11-17(12-14-23)19(24)25-5-2/h6-10,16-17H,4-5,11-15H2,1-3H3,(H,21,22). The van der Waals surface area contributed by atoms with E-state index in [2.05, 4.69) is 48.3 Å². The van der Waals surface area contributed by atoms with Crippen LogP contribution in [0.15, 0.2) is 40.2 Å². The minimum absolute atomic E-state index is 0.0293. The van der Waals surface area contributed by atoms with Crippen molar-refractivity contribution in [3.05, 3.63) is 30.3 Å². The van der Waals surface area contributed by atoms with Crippen LogP contribution in [0, 0.1) is 5.92 Å². The molecule has 1 fully saturated rings. The Morgan fingerprint density at radius 1 is 1.31 bits per heavy atom. The summed E-state index contributed by atoms with van der Waals surface area (Å²) in [7, 11) is 0. The zero-order valence-electron chi connectivity index (χ0n) is 16.1. The lowest BCUT2D eigenvalue weighted by molar-refractivity contribution is -0.149. The molecule has 0 amide bonds. The predicted molar refractivity (Wildman–Crippen MR) is 109 cm³/mol. The molecule has 5 nitrogen and oxygen atoms in total. The van der Waals surface area contributed by atoms with Crippen LogP contribution in [-0.2, 0) is 9.53 Å². The van der Waals surface area contributed by atoms with Gasteiger partial charge in [-0.15, -0.1) is 11.8 Å². The first kappa shape index (κ1) is 20.6. The van der Waals surface area contributed by atoms with E-state index < -0.39 is 0 Å². The smallest absolute Gasteiger partial charge is 0.309 e. The molecule has 0 aromatic heterocycles. The van der Waals surface area contributed by atoms with Gasteiger partial charge in [-0.25, -0.2) is 0 Å². The third kappa shape index (κ3) is 6.56. The second kappa shape index (κ2) is 11.1. The van der Waals surface area contributed by atoms with Crippen molar-refractivity contribution in [1.82, 2.24) is 10.2 Å². The van der Waals surface area contributed by atoms with Crippen LogP contribution in [0.3, 0.4) is 0 Å². The molecule has 144 valence electrons. The van der Waals surface area contributed by atoms with Crippen LogP contribution in [0.2, 0.25) is 0 Å². The molecule has 1 saturated heterocycles. The molecule has 26 heavy (non-hydrogen) atoms. The van der Waals surface area contributed by atoms with E-state index in [1.807, 2.05) is 24.8 Å². The Balaban J connectivity index is 1.87. The summed E-state index contributed by atoms with van der Waals surface area (Å²) in [5.74, 6) is 0.930. The summed E-state index contributed by atoms with van der Waals surface area (Å²) in [6.45, 7) is 9.90. The Labute approximate surface area is 161 Å². The maximum Gasteiger partial charge on any atom is 0.309 e. The van der Waals surface area contributed by atoms with Gasteiger partial charge in [-0.05, 0) is 38.8 Å². The second-order valence-corrected chi connectivity index (χ2v) is 7.96. The molecule has 0 bridgehead atoms. The SMILES string of the molecule is CCNC(=NCC(C)Sc1ccccc1)N1CCC(C(=O)OCC)CC1. The maximum absolute atomic E-state index is 11.9. The first-order chi connectivity index (χ1) is 12.6. The van der Waals surface area contributed by atoms with Crippen LogP contribution in [0.1, 0.15) is 33.6 Å². The van der Waals surface area contributed by atoms with Crippen molar-refractivity contribution < 1.29 is 9.53 Å². The van der Waals surface area contributed by atoms with Gasteiger partial charge in [0, 0.05) is 29.8 Å². The fraction of sp³-hybridized carbons (Fsp3) is 0.600. The molecule has 1 atom stereocenters. The molecule has 1 aromatic rings. The second-order valence-electron chi connectivity index (χ2n) is 6.45. The van der Waals surface area contributed by atoms with Gasteiger partial charge in [0.05, 0.1) is 19.1 Å². The van der Waals surface area contributed by atoms with Gasteiger partial charge < -0.3 is 15.0 Å². The number of carbonyl (C=O) groups excluding carboxylic acids is 1. The van der Waals surface area contributed by atoms with E-state index in [1.54, 1.807) is 0 Å². The van der Waals surface area contributed by atoms with Crippen molar-refractivity contribution in [1.29, 1.82) is 0 Å². The van der Waals surface area contributed by atoms with Gasteiger partial charge in [-0.1, -0.05) is 25.1 Å². The summed E-state index contributed by atoms with van der Waals surface area (Å²) in [5.41, 5.74) is 0. The van der Waals surface area contributed by atoms with E-state index in [9.17, 15) is 4.79 Å². The number of guanidine groups is 1. The lowest BCUT2D eigenvalue weighted by atomic mass is 9.97. The minimum atomic E-state index is -0.0537. The molecule has 0 aliphatic carbocycles. The number of esters is 1. The highest BCUT2D eigenvalue weighted by molar-refractivity contribution is 8.00. The lowest BCUT2D eigenvalue weighted by Gasteiger charge is -2.33. The van der Waals surface area contributed by atoms with E-state index in [0.717, 1.165) is 45.0 Å². The number of thioether (sulfide) groups is 1. The number of hydrogen-bond donors (Lipinski definition) is 1. The Morgan fingerprint density at radius 2 is 2.00 bits per heavy atom. The molecule has 1 aromatic carbocycles. The van der Waals surface area contributed by atoms with E-state index in [0.29, 0.717) is 11.9 Å². The molecule has 1 heterocycles. The van der Waals surface area contributed by atoms with Gasteiger partial charge in [-0.3, -0.25) is 9.79 Å². The monoisotopic (exact) mass is 377 g/mol. The Bertz CT molecular complexity index is 572. The lowest BCUT2D eigenvalue weighted by Crippen LogP contribution is -2.47. The number of carbonyl (C=O) groups is 1. The van der Waals surface area contributed by atoms with Crippen molar-refractivity contribution in [2.24, 2.45) is 10.9 Å². The van der Waals surface area contributed by atoms with Gasteiger partial charge in [0.25, 0.3) is 0 Å². The summed E-state index contributed by atoms with van der Waals surface area (Å²) in [6, 6.07) is 10.4. The average molecular weight is 378 g/mol. The molecule has 2 rings (SSSR count). The Hall–Kier alpha value is -1.69. The van der Waals surface area contributed by atoms with Crippen LogP contribution in [-0.4, -0.2) is 54.9 Å². The van der Waals surface area contributed by atoms with Crippen molar-refractivity contribution in [2.75, 3.05) is 32.8 Å². The quantitative estimate of drug-likeness (QED) is 0.342. The van der Waals surface area contributed by atoms with Crippen LogP contribution in [0.5, 0.6) is 0 Å². The molecule has 1 unspecified atom stereocenters. The fourth-order valence-corrected chi connectivity index (χ4v) is 3.92. The van der Waals surface area contributed by atoms with Crippen molar-refractivity contribution in [2.45, 2.75) is 43.8 Å². The number of nitrogens with zero attached hydrogens (tertiary/aromatic N) is 2. The normalized spacial score (nSPS) is 17.0. The molecule has 1 aliphatic rings. The predicted octanol–water partition coefficient (Wildman–Crippen LogP) is 3.41. The number of ether oxygens (including phenoxy) is 1. The fourth-order valence-electron chi connectivity index (χ4n) is 3.00. The first-order valence-electron chi connectivity index (χ1n) is 9.55. The number of benzene rings is 1. The van der Waals surface area contributed by atoms with Crippen molar-refractivity contribution in [3.8, 4) is 0 Å². The number of likely N-dealkylation sites (tertiary alicyclic amines) is 1. The topological polar surface area (TPSA) is 53.9 Å². The number of hydrogen-bond acceptors (Lipinski definition) is 4. The highest BCUT2D eigenvalue weighted by Crippen LogP contribution is 2.23. The van der Waals surface area contributed by atoms with Gasteiger partial charge in [0.1, 0.15) is 0 Å². The molecule has 1 N–H and O–H groups in total. The zero-order valence-corrected chi connectivity index (χ0v) is 16.9. The van der Waals surface area contributed by atoms with Crippen LogP contribution < -0.4 is 5.32 Å². The molecule has 0 radical (unpaired) electrons. The molecular formula is C20H31N3O2S. The number of aliphatic imine (C=N–C) groups is 1. The first-order valence-corrected chi connectivity index (χ1v) is 10.4. The third-order valence-corrected chi connectivity index (χ3v) is 5.42. The van der Waals surface area contributed by atoms with Crippen LogP contribution >= 0.6 is 11.8 Å². The van der Waals surface area contributed by atoms with E-state index in [1.165, 1.54) is 4.90 Å². The Kier molecular flexibility index (Phi) is 8.81. The highest BCUT2D eigenvalue weighted by Gasteiger charge is 2.27. The minimum Gasteiger partial charge on any atom is -0.466 e. The number of piperidine rings is 1. The summed E-state index contributed by atoms with van der Waals surface area (Å²) in [6.07, 6.45) is 1.66. The molecule has 0 spiro atoms. The van der Waals surface area contributed by atoms with Crippen molar-refractivity contribution >= 4 is 23.7 Å². The zero-order chi connectivity index (χ0) is 18.8. The largest absolute Gasteiger partial charge is 0.466 e. The number of nitrogens with one attached hydrogen (secondary N) is 1. The third-order valence-electron chi connectivity index (χ3n) is 4.33. The summed E-state index contributed by atoms with van der Waals surface area (Å²) in [5, 5.41) is 3.80. The summed E-state index contributed by atoms with van der Waals surface area (Å²) in [4.78, 5) is 20.3. The number of rotatable bonds is 7. The molecule has 1 aliphatic heterocycles. The van der Waals surface area contributed by atoms with Gasteiger partial charge >= 0.3 is 5.97 Å². The van der Waals surface area contributed by atoms with E-state index >= 15 is 0 Å². The van der Waals surface area contributed by atoms with Gasteiger partial charge in [0.2, 0.25) is 0 Å². The molecule has 0 saturated carbocycles. The van der Waals surface area contributed by atoms with Crippen molar-refractivity contribution in [3.63, 3.8) is 0 Å². The van der Waals surface area contributed by atoms with Crippen LogP contribution in [0.25, 0.3) is 0 Å². The molecule has 6 heteroatoms. The maximum atomic E-state index is 11.9. The Morgan fingerprint density at radius 3 is 2.62 bits per heavy atom. The molecular weight excluding hydrogens is 346 g/mol. The highest BCUT2D eigenvalue weighted by atomic mass is 32.2. The average Bonchev–Trinajstić information content (AvgIpc) is 2.66. The van der Waals surface area contributed by atoms with E-state index in [-0.39, 0.29) is 11.9 Å². The van der Waals surface area contributed by atoms with E-state index in [4.69, 9.17) is 9.73 Å². The van der Waals surface area contributed by atoms with Crippen LogP contribution in [0.4, 0.5) is 0 Å². The van der Waals surface area contributed by atoms with Gasteiger partial charge in [0.15, 0.2) is 5.96 Å². The summed E-state index contributed by atoms with van der Waals surface area (Å²) >= 11 is 1.85. The summed E-state index contributed by atoms with van der Waals surface area (Å²) < 4.78 is 5.15. The van der Waals surface area contributed by atoms with Gasteiger partial charge in [-0.2, -0.15) is 0 Å².